The molecule has 4 nitrogen and oxygen atoms in total. The molecule has 1 rings (SSSR count). The molecular formula is C8H9BrClN3O. The molecule has 6 heteroatoms. The van der Waals surface area contributed by atoms with Crippen molar-refractivity contribution in [3.8, 4) is 0 Å². The molecule has 1 heterocycles. The second-order valence-electron chi connectivity index (χ2n) is 3.13. The summed E-state index contributed by atoms with van der Waals surface area (Å²) in [7, 11) is 0. The maximum Gasteiger partial charge on any atom is 0.243 e. The van der Waals surface area contributed by atoms with Crippen LogP contribution in [-0.2, 0) is 4.79 Å². The van der Waals surface area contributed by atoms with Crippen molar-refractivity contribution in [3.05, 3.63) is 17.4 Å². The zero-order chi connectivity index (χ0) is 10.8. The summed E-state index contributed by atoms with van der Waals surface area (Å²) in [5, 5.41) is 2.82. The summed E-state index contributed by atoms with van der Waals surface area (Å²) in [6.07, 6.45) is 1.48. The van der Waals surface area contributed by atoms with Gasteiger partial charge in [0.2, 0.25) is 11.9 Å². The standard InChI is InChI=1S/C8H9BrClN3O/c1-8(2,9)6(14)13-7-11-4-3-5(10)12-7/h3-4H,1-2H3,(H,11,12,13,14). The molecule has 1 N–H and O–H groups in total. The van der Waals surface area contributed by atoms with E-state index in [-0.39, 0.29) is 11.9 Å². The van der Waals surface area contributed by atoms with Gasteiger partial charge in [-0.05, 0) is 19.9 Å². The number of aromatic nitrogens is 2. The van der Waals surface area contributed by atoms with Gasteiger partial charge in [-0.1, -0.05) is 27.5 Å². The van der Waals surface area contributed by atoms with Crippen molar-refractivity contribution in [1.29, 1.82) is 0 Å². The van der Waals surface area contributed by atoms with Crippen LogP contribution in [0.2, 0.25) is 5.15 Å². The molecule has 0 unspecified atom stereocenters. The number of hydrogen-bond acceptors (Lipinski definition) is 3. The fourth-order valence-corrected chi connectivity index (χ4v) is 0.883. The third-order valence-electron chi connectivity index (χ3n) is 1.39. The molecule has 0 spiro atoms. The normalized spacial score (nSPS) is 11.1. The minimum absolute atomic E-state index is 0.204. The number of anilines is 1. The van der Waals surface area contributed by atoms with Gasteiger partial charge in [-0.15, -0.1) is 0 Å². The Bertz CT molecular complexity index is 351. The summed E-state index contributed by atoms with van der Waals surface area (Å²) >= 11 is 8.85. The van der Waals surface area contributed by atoms with E-state index >= 15 is 0 Å². The van der Waals surface area contributed by atoms with Crippen LogP contribution in [0, 0.1) is 0 Å². The van der Waals surface area contributed by atoms with Crippen LogP contribution in [0.3, 0.4) is 0 Å². The monoisotopic (exact) mass is 277 g/mol. The lowest BCUT2D eigenvalue weighted by atomic mass is 10.2. The van der Waals surface area contributed by atoms with E-state index in [0.29, 0.717) is 5.15 Å². The van der Waals surface area contributed by atoms with Crippen molar-refractivity contribution in [3.63, 3.8) is 0 Å². The molecule has 0 aromatic carbocycles. The number of nitrogens with zero attached hydrogens (tertiary/aromatic N) is 2. The molecule has 1 amide bonds. The Hall–Kier alpha value is -0.680. The van der Waals surface area contributed by atoms with E-state index in [1.807, 2.05) is 0 Å². The van der Waals surface area contributed by atoms with E-state index < -0.39 is 4.32 Å². The van der Waals surface area contributed by atoms with Crippen LogP contribution in [0.25, 0.3) is 0 Å². The van der Waals surface area contributed by atoms with Crippen LogP contribution < -0.4 is 5.32 Å². The first-order valence-electron chi connectivity index (χ1n) is 3.88. The minimum Gasteiger partial charge on any atom is -0.293 e. The van der Waals surface area contributed by atoms with Gasteiger partial charge in [0.25, 0.3) is 0 Å². The molecular weight excluding hydrogens is 269 g/mol. The average Bonchev–Trinajstić information content (AvgIpc) is 2.02. The summed E-state index contributed by atoms with van der Waals surface area (Å²) in [5.74, 6) is -0.0187. The highest BCUT2D eigenvalue weighted by Crippen LogP contribution is 2.17. The Morgan fingerprint density at radius 2 is 2.29 bits per heavy atom. The van der Waals surface area contributed by atoms with Crippen molar-refractivity contribution >= 4 is 39.4 Å². The van der Waals surface area contributed by atoms with Crippen LogP contribution >= 0.6 is 27.5 Å². The highest BCUT2D eigenvalue weighted by atomic mass is 79.9. The number of rotatable bonds is 2. The van der Waals surface area contributed by atoms with E-state index in [9.17, 15) is 4.79 Å². The molecule has 1 aromatic heterocycles. The number of nitrogens with one attached hydrogen (secondary N) is 1. The first-order chi connectivity index (χ1) is 6.39. The lowest BCUT2D eigenvalue weighted by molar-refractivity contribution is -0.117. The summed E-state index contributed by atoms with van der Waals surface area (Å²) in [4.78, 5) is 19.1. The highest BCUT2D eigenvalue weighted by molar-refractivity contribution is 9.10. The van der Waals surface area contributed by atoms with Gasteiger partial charge in [0.1, 0.15) is 5.15 Å². The summed E-state index contributed by atoms with van der Waals surface area (Å²) in [5.41, 5.74) is 0. The van der Waals surface area contributed by atoms with Gasteiger partial charge in [0.15, 0.2) is 0 Å². The second kappa shape index (κ2) is 4.23. The van der Waals surface area contributed by atoms with Crippen LogP contribution in [0.5, 0.6) is 0 Å². The molecule has 76 valence electrons. The van der Waals surface area contributed by atoms with E-state index in [1.165, 1.54) is 12.3 Å². The number of amides is 1. The van der Waals surface area contributed by atoms with Crippen LogP contribution in [0.1, 0.15) is 13.8 Å². The van der Waals surface area contributed by atoms with E-state index in [1.54, 1.807) is 13.8 Å². The molecule has 1 aromatic rings. The zero-order valence-electron chi connectivity index (χ0n) is 7.71. The topological polar surface area (TPSA) is 54.9 Å². The van der Waals surface area contributed by atoms with Crippen LogP contribution in [0.15, 0.2) is 12.3 Å². The molecule has 0 bridgehead atoms. The number of halogens is 2. The third-order valence-corrected chi connectivity index (χ3v) is 1.96. The Morgan fingerprint density at radius 1 is 1.64 bits per heavy atom. The fourth-order valence-electron chi connectivity index (χ4n) is 0.647. The number of carbonyl (C=O) groups excluding carboxylic acids is 1. The first-order valence-corrected chi connectivity index (χ1v) is 5.05. The lowest BCUT2D eigenvalue weighted by Gasteiger charge is -2.14. The molecule has 0 fully saturated rings. The number of alkyl halides is 1. The minimum atomic E-state index is -0.654. The molecule has 0 aliphatic heterocycles. The summed E-state index contributed by atoms with van der Waals surface area (Å²) < 4.78 is -0.654. The molecule has 0 saturated heterocycles. The van der Waals surface area contributed by atoms with Crippen molar-refractivity contribution in [2.24, 2.45) is 0 Å². The van der Waals surface area contributed by atoms with E-state index in [2.05, 4.69) is 31.2 Å². The fraction of sp³-hybridized carbons (Fsp3) is 0.375. The maximum atomic E-state index is 11.5. The summed E-state index contributed by atoms with van der Waals surface area (Å²) in [6.45, 7) is 3.46. The second-order valence-corrected chi connectivity index (χ2v) is 5.50. The zero-order valence-corrected chi connectivity index (χ0v) is 10.1. The smallest absolute Gasteiger partial charge is 0.243 e. The molecule has 0 aliphatic carbocycles. The van der Waals surface area contributed by atoms with Gasteiger partial charge in [-0.2, -0.15) is 0 Å². The van der Waals surface area contributed by atoms with Crippen molar-refractivity contribution in [2.75, 3.05) is 5.32 Å². The van der Waals surface area contributed by atoms with Gasteiger partial charge in [0.05, 0.1) is 4.32 Å². The maximum absolute atomic E-state index is 11.5. The molecule has 0 atom stereocenters. The Morgan fingerprint density at radius 3 is 2.79 bits per heavy atom. The van der Waals surface area contributed by atoms with Crippen molar-refractivity contribution < 1.29 is 4.79 Å². The third kappa shape index (κ3) is 3.23. The highest BCUT2D eigenvalue weighted by Gasteiger charge is 2.24. The molecule has 0 saturated carbocycles. The van der Waals surface area contributed by atoms with E-state index in [4.69, 9.17) is 11.6 Å². The van der Waals surface area contributed by atoms with Gasteiger partial charge >= 0.3 is 0 Å². The van der Waals surface area contributed by atoms with Crippen LogP contribution in [-0.4, -0.2) is 20.2 Å². The predicted molar refractivity (Wildman–Crippen MR) is 58.7 cm³/mol. The molecule has 0 radical (unpaired) electrons. The van der Waals surface area contributed by atoms with Gasteiger partial charge < -0.3 is 0 Å². The molecule has 14 heavy (non-hydrogen) atoms. The van der Waals surface area contributed by atoms with Gasteiger partial charge in [-0.25, -0.2) is 9.97 Å². The average molecular weight is 279 g/mol. The molecule has 0 aliphatic rings. The Balaban J connectivity index is 2.75. The van der Waals surface area contributed by atoms with E-state index in [0.717, 1.165) is 0 Å². The number of hydrogen-bond donors (Lipinski definition) is 1. The number of carbonyl (C=O) groups is 1. The summed E-state index contributed by atoms with van der Waals surface area (Å²) in [6, 6.07) is 1.54. The quantitative estimate of drug-likeness (QED) is 0.667. The van der Waals surface area contributed by atoms with Gasteiger partial charge in [0, 0.05) is 6.20 Å². The largest absolute Gasteiger partial charge is 0.293 e. The lowest BCUT2D eigenvalue weighted by Crippen LogP contribution is -2.31. The predicted octanol–water partition coefficient (Wildman–Crippen LogP) is 2.24. The van der Waals surface area contributed by atoms with Crippen molar-refractivity contribution in [1.82, 2.24) is 9.97 Å². The Kier molecular flexibility index (Phi) is 3.44. The van der Waals surface area contributed by atoms with Crippen LogP contribution in [0.4, 0.5) is 5.95 Å². The van der Waals surface area contributed by atoms with Gasteiger partial charge in [-0.3, -0.25) is 10.1 Å². The SMILES string of the molecule is CC(C)(Br)C(=O)Nc1nccc(Cl)n1. The first kappa shape index (κ1) is 11.4. The Labute approximate surface area is 95.2 Å². The van der Waals surface area contributed by atoms with Crippen molar-refractivity contribution in [2.45, 2.75) is 18.2 Å².